The fraction of sp³-hybridized carbons (Fsp3) is 0.625. The zero-order valence-corrected chi connectivity index (χ0v) is 22.3. The summed E-state index contributed by atoms with van der Waals surface area (Å²) in [7, 11) is 0. The average Bonchev–Trinajstić information content (AvgIpc) is 2.88. The third kappa shape index (κ3) is 8.85. The van der Waals surface area contributed by atoms with Gasteiger partial charge in [-0.05, 0) is 72.8 Å². The van der Waals surface area contributed by atoms with Gasteiger partial charge in [0.2, 0.25) is 0 Å². The van der Waals surface area contributed by atoms with Gasteiger partial charge in [0, 0.05) is 0 Å². The highest BCUT2D eigenvalue weighted by molar-refractivity contribution is 5.66. The Balaban J connectivity index is 1.58. The van der Waals surface area contributed by atoms with Gasteiger partial charge >= 0.3 is 6.18 Å². The summed E-state index contributed by atoms with van der Waals surface area (Å²) in [4.78, 5) is 0. The first-order valence-corrected chi connectivity index (χ1v) is 14.4. The van der Waals surface area contributed by atoms with E-state index in [2.05, 4.69) is 26.0 Å². The van der Waals surface area contributed by atoms with E-state index in [-0.39, 0.29) is 5.75 Å². The normalized spacial score (nSPS) is 18.4. The standard InChI is InChI=1S/C32H45F3O/c1-3-5-7-8-9-11-23-36-31-22-21-29(24-30(31)32(33,34)35)28-19-17-27(18-20-28)26-15-13-25(14-16-26)12-10-6-4-2/h17-22,24-26H,3-16,23H2,1-2H3. The zero-order valence-electron chi connectivity index (χ0n) is 22.3. The van der Waals surface area contributed by atoms with Crippen molar-refractivity contribution in [1.82, 2.24) is 0 Å². The maximum Gasteiger partial charge on any atom is 0.419 e. The molecule has 0 atom stereocenters. The van der Waals surface area contributed by atoms with E-state index in [0.717, 1.165) is 30.7 Å². The Labute approximate surface area is 216 Å². The Morgan fingerprint density at radius 1 is 0.722 bits per heavy atom. The number of unbranched alkanes of at least 4 members (excludes halogenated alkanes) is 7. The molecular weight excluding hydrogens is 457 g/mol. The van der Waals surface area contributed by atoms with Gasteiger partial charge in [-0.3, -0.25) is 0 Å². The lowest BCUT2D eigenvalue weighted by atomic mass is 9.77. The van der Waals surface area contributed by atoms with Crippen molar-refractivity contribution in [2.24, 2.45) is 5.92 Å². The molecule has 36 heavy (non-hydrogen) atoms. The maximum absolute atomic E-state index is 13.8. The van der Waals surface area contributed by atoms with E-state index in [0.29, 0.717) is 18.1 Å². The SMILES string of the molecule is CCCCCCCCOc1ccc(-c2ccc(C3CCC(CCCCC)CC3)cc2)cc1C(F)(F)F. The summed E-state index contributed by atoms with van der Waals surface area (Å²) in [5.74, 6) is 1.38. The molecule has 3 rings (SSSR count). The van der Waals surface area contributed by atoms with Gasteiger partial charge in [0.15, 0.2) is 0 Å². The Morgan fingerprint density at radius 2 is 1.33 bits per heavy atom. The molecule has 1 aliphatic rings. The minimum atomic E-state index is -4.44. The zero-order chi connectivity index (χ0) is 25.8. The highest BCUT2D eigenvalue weighted by atomic mass is 19.4. The van der Waals surface area contributed by atoms with E-state index >= 15 is 0 Å². The lowest BCUT2D eigenvalue weighted by Crippen LogP contribution is -2.13. The number of hydrogen-bond acceptors (Lipinski definition) is 1. The molecule has 0 saturated heterocycles. The summed E-state index contributed by atoms with van der Waals surface area (Å²) in [5.41, 5.74) is 2.04. The summed E-state index contributed by atoms with van der Waals surface area (Å²) < 4.78 is 47.0. The van der Waals surface area contributed by atoms with Gasteiger partial charge < -0.3 is 4.74 Å². The number of alkyl halides is 3. The molecule has 0 N–H and O–H groups in total. The lowest BCUT2D eigenvalue weighted by Gasteiger charge is -2.29. The molecule has 1 saturated carbocycles. The van der Waals surface area contributed by atoms with Crippen molar-refractivity contribution in [2.45, 2.75) is 116 Å². The third-order valence-electron chi connectivity index (χ3n) is 7.82. The average molecular weight is 503 g/mol. The van der Waals surface area contributed by atoms with Crippen LogP contribution >= 0.6 is 0 Å². The molecule has 0 amide bonds. The van der Waals surface area contributed by atoms with Crippen molar-refractivity contribution < 1.29 is 17.9 Å². The summed E-state index contributed by atoms with van der Waals surface area (Å²) in [6, 6.07) is 12.7. The molecule has 0 aromatic heterocycles. The molecule has 0 heterocycles. The molecule has 2 aromatic rings. The van der Waals surface area contributed by atoms with Crippen molar-refractivity contribution in [3.63, 3.8) is 0 Å². The van der Waals surface area contributed by atoms with E-state index in [1.165, 1.54) is 88.3 Å². The quantitative estimate of drug-likeness (QED) is 0.233. The van der Waals surface area contributed by atoms with Crippen molar-refractivity contribution in [1.29, 1.82) is 0 Å². The highest BCUT2D eigenvalue weighted by Gasteiger charge is 2.35. The molecular formula is C32H45F3O. The fourth-order valence-electron chi connectivity index (χ4n) is 5.54. The molecule has 4 heteroatoms. The number of hydrogen-bond donors (Lipinski definition) is 0. The van der Waals surface area contributed by atoms with Gasteiger partial charge in [-0.25, -0.2) is 0 Å². The predicted octanol–water partition coefficient (Wildman–Crippen LogP) is 11.0. The van der Waals surface area contributed by atoms with Crippen molar-refractivity contribution in [3.05, 3.63) is 53.6 Å². The number of benzene rings is 2. The van der Waals surface area contributed by atoms with Crippen LogP contribution in [0.5, 0.6) is 5.75 Å². The number of ether oxygens (including phenoxy) is 1. The smallest absolute Gasteiger partial charge is 0.419 e. The Hall–Kier alpha value is -1.97. The molecule has 0 radical (unpaired) electrons. The fourth-order valence-corrected chi connectivity index (χ4v) is 5.54. The van der Waals surface area contributed by atoms with Gasteiger partial charge in [0.05, 0.1) is 12.2 Å². The van der Waals surface area contributed by atoms with E-state index in [1.807, 2.05) is 12.1 Å². The molecule has 0 bridgehead atoms. The van der Waals surface area contributed by atoms with Gasteiger partial charge in [-0.15, -0.1) is 0 Å². The van der Waals surface area contributed by atoms with Crippen molar-refractivity contribution >= 4 is 0 Å². The van der Waals surface area contributed by atoms with Gasteiger partial charge in [0.1, 0.15) is 5.75 Å². The molecule has 1 fully saturated rings. The highest BCUT2D eigenvalue weighted by Crippen LogP contribution is 2.40. The lowest BCUT2D eigenvalue weighted by molar-refractivity contribution is -0.138. The molecule has 0 spiro atoms. The van der Waals surface area contributed by atoms with Crippen molar-refractivity contribution in [3.8, 4) is 16.9 Å². The van der Waals surface area contributed by atoms with Crippen molar-refractivity contribution in [2.75, 3.05) is 6.61 Å². The summed E-state index contributed by atoms with van der Waals surface area (Å²) in [6.07, 6.45) is 12.4. The first-order chi connectivity index (χ1) is 17.4. The second-order valence-electron chi connectivity index (χ2n) is 10.7. The van der Waals surface area contributed by atoms with Crippen LogP contribution in [0.1, 0.15) is 121 Å². The Bertz CT molecular complexity index is 879. The summed E-state index contributed by atoms with van der Waals surface area (Å²) in [6.45, 7) is 4.74. The maximum atomic E-state index is 13.8. The molecule has 1 aliphatic carbocycles. The summed E-state index contributed by atoms with van der Waals surface area (Å²) >= 11 is 0. The third-order valence-corrected chi connectivity index (χ3v) is 7.82. The molecule has 2 aromatic carbocycles. The van der Waals surface area contributed by atoms with Crippen LogP contribution in [-0.4, -0.2) is 6.61 Å². The van der Waals surface area contributed by atoms with E-state index in [9.17, 15) is 13.2 Å². The van der Waals surface area contributed by atoms with Crippen LogP contribution in [-0.2, 0) is 6.18 Å². The first-order valence-electron chi connectivity index (χ1n) is 14.4. The van der Waals surface area contributed by atoms with Crippen LogP contribution < -0.4 is 4.74 Å². The predicted molar refractivity (Wildman–Crippen MR) is 145 cm³/mol. The van der Waals surface area contributed by atoms with Crippen LogP contribution in [0.3, 0.4) is 0 Å². The molecule has 200 valence electrons. The van der Waals surface area contributed by atoms with Crippen LogP contribution in [0.2, 0.25) is 0 Å². The molecule has 0 unspecified atom stereocenters. The van der Waals surface area contributed by atoms with Gasteiger partial charge in [-0.1, -0.05) is 102 Å². The second kappa shape index (κ2) is 14.7. The van der Waals surface area contributed by atoms with E-state index in [1.54, 1.807) is 6.07 Å². The minimum absolute atomic E-state index is 0.0628. The second-order valence-corrected chi connectivity index (χ2v) is 10.7. The largest absolute Gasteiger partial charge is 0.493 e. The number of halogens is 3. The minimum Gasteiger partial charge on any atom is -0.493 e. The summed E-state index contributed by atoms with van der Waals surface area (Å²) in [5, 5.41) is 0. The van der Waals surface area contributed by atoms with Crippen LogP contribution in [0, 0.1) is 5.92 Å². The van der Waals surface area contributed by atoms with Gasteiger partial charge in [0.25, 0.3) is 0 Å². The monoisotopic (exact) mass is 502 g/mol. The molecule has 0 aliphatic heterocycles. The number of rotatable bonds is 14. The Morgan fingerprint density at radius 3 is 2.00 bits per heavy atom. The van der Waals surface area contributed by atoms with E-state index in [4.69, 9.17) is 4.74 Å². The van der Waals surface area contributed by atoms with Crippen LogP contribution in [0.4, 0.5) is 13.2 Å². The van der Waals surface area contributed by atoms with Crippen LogP contribution in [0.15, 0.2) is 42.5 Å². The Kier molecular flexibility index (Phi) is 11.7. The van der Waals surface area contributed by atoms with Crippen LogP contribution in [0.25, 0.3) is 11.1 Å². The van der Waals surface area contributed by atoms with E-state index < -0.39 is 11.7 Å². The first kappa shape index (κ1) is 28.6. The molecule has 1 nitrogen and oxygen atoms in total. The van der Waals surface area contributed by atoms with Gasteiger partial charge in [-0.2, -0.15) is 13.2 Å². The topological polar surface area (TPSA) is 9.23 Å².